The lowest BCUT2D eigenvalue weighted by Crippen LogP contribution is -2.45. The molecular weight excluding hydrogens is 609 g/mol. The molecule has 1 unspecified atom stereocenters. The maximum atomic E-state index is 13.3. The van der Waals surface area contributed by atoms with Gasteiger partial charge in [-0.15, -0.1) is 0 Å². The van der Waals surface area contributed by atoms with Crippen LogP contribution in [0.5, 0.6) is 11.5 Å². The van der Waals surface area contributed by atoms with Gasteiger partial charge in [-0.2, -0.15) is 13.2 Å². The molecule has 2 aromatic carbocycles. The van der Waals surface area contributed by atoms with Gasteiger partial charge in [0.1, 0.15) is 17.6 Å². The van der Waals surface area contributed by atoms with Crippen LogP contribution in [0, 0.1) is 5.41 Å². The molecule has 0 aliphatic heterocycles. The predicted octanol–water partition coefficient (Wildman–Crippen LogP) is 4.45. The molecule has 2 amide bonds. The van der Waals surface area contributed by atoms with Gasteiger partial charge in [0, 0.05) is 22.5 Å². The van der Waals surface area contributed by atoms with Gasteiger partial charge in [-0.1, -0.05) is 17.7 Å². The second kappa shape index (κ2) is 16.0. The second-order valence-corrected chi connectivity index (χ2v) is 9.42. The quantitative estimate of drug-likeness (QED) is 0.106. The molecule has 0 aliphatic carbocycles. The van der Waals surface area contributed by atoms with Gasteiger partial charge in [-0.05, 0) is 74.9 Å². The molecule has 7 N–H and O–H groups in total. The Labute approximate surface area is 255 Å². The van der Waals surface area contributed by atoms with Crippen LogP contribution >= 0.6 is 11.6 Å². The Morgan fingerprint density at radius 2 is 1.68 bits per heavy atom. The van der Waals surface area contributed by atoms with Crippen LogP contribution in [0.3, 0.4) is 0 Å². The monoisotopic (exact) mass is 638 g/mol. The molecule has 0 bridgehead atoms. The number of carbonyl (C=O) groups excluding carboxylic acids is 2. The Morgan fingerprint density at radius 1 is 1.05 bits per heavy atom. The summed E-state index contributed by atoms with van der Waals surface area (Å²) in [6, 6.07) is 13.9. The molecule has 0 radical (unpaired) electrons. The molecule has 1 heterocycles. The van der Waals surface area contributed by atoms with Crippen molar-refractivity contribution in [3.05, 3.63) is 82.6 Å². The highest BCUT2D eigenvalue weighted by atomic mass is 35.5. The number of carboxylic acid groups (broad SMARTS) is 1. The number of hydrogen-bond donors (Lipinski definition) is 6. The summed E-state index contributed by atoms with van der Waals surface area (Å²) in [5, 5.41) is 18.2. The minimum atomic E-state index is -5.08. The lowest BCUT2D eigenvalue weighted by atomic mass is 10.0. The van der Waals surface area contributed by atoms with Crippen molar-refractivity contribution >= 4 is 40.9 Å². The van der Waals surface area contributed by atoms with Gasteiger partial charge >= 0.3 is 12.1 Å². The Bertz CT molecular complexity index is 1470. The van der Waals surface area contributed by atoms with E-state index in [1.165, 1.54) is 18.3 Å². The highest BCUT2D eigenvalue weighted by molar-refractivity contribution is 6.30. The fourth-order valence-corrected chi connectivity index (χ4v) is 3.48. The minimum Gasteiger partial charge on any atom is -0.490 e. The molecule has 1 aromatic heterocycles. The number of benzene rings is 2. The first-order valence-electron chi connectivity index (χ1n) is 12.8. The van der Waals surface area contributed by atoms with Crippen molar-refractivity contribution in [2.24, 2.45) is 5.73 Å². The smallest absolute Gasteiger partial charge is 0.490 e. The number of nitrogen functional groups attached to an aromatic ring is 1. The average Bonchev–Trinajstić information content (AvgIpc) is 2.95. The molecule has 3 aromatic rings. The van der Waals surface area contributed by atoms with Crippen molar-refractivity contribution in [3.8, 4) is 11.5 Å². The summed E-state index contributed by atoms with van der Waals surface area (Å²) in [6.45, 7) is 6.06. The van der Waals surface area contributed by atoms with Gasteiger partial charge in [-0.25, -0.2) is 4.79 Å². The molecule has 236 valence electrons. The van der Waals surface area contributed by atoms with E-state index in [-0.39, 0.29) is 17.6 Å². The number of amidine groups is 1. The van der Waals surface area contributed by atoms with Gasteiger partial charge in [-0.3, -0.25) is 30.8 Å². The third kappa shape index (κ3) is 11.0. The number of nitrogens with two attached hydrogens (primary N) is 1. The van der Waals surface area contributed by atoms with Crippen LogP contribution in [0.1, 0.15) is 48.4 Å². The van der Waals surface area contributed by atoms with Crippen molar-refractivity contribution in [2.75, 3.05) is 11.9 Å². The van der Waals surface area contributed by atoms with E-state index >= 15 is 0 Å². The lowest BCUT2D eigenvalue weighted by Gasteiger charge is -2.22. The van der Waals surface area contributed by atoms with Gasteiger partial charge in [0.05, 0.1) is 12.7 Å². The third-order valence-corrected chi connectivity index (χ3v) is 5.46. The van der Waals surface area contributed by atoms with Crippen molar-refractivity contribution in [3.63, 3.8) is 0 Å². The fourth-order valence-electron chi connectivity index (χ4n) is 3.32. The molecule has 0 aliphatic rings. The van der Waals surface area contributed by atoms with Crippen LogP contribution < -0.4 is 31.4 Å². The Kier molecular flexibility index (Phi) is 12.8. The number of carbonyl (C=O) groups is 3. The number of aromatic nitrogens is 1. The number of hydrazine groups is 1. The third-order valence-electron chi connectivity index (χ3n) is 5.23. The normalized spacial score (nSPS) is 11.4. The van der Waals surface area contributed by atoms with E-state index < -0.39 is 30.0 Å². The maximum Gasteiger partial charge on any atom is 0.490 e. The molecule has 0 spiro atoms. The van der Waals surface area contributed by atoms with Gasteiger partial charge < -0.3 is 25.6 Å². The molecule has 0 saturated heterocycles. The summed E-state index contributed by atoms with van der Waals surface area (Å²) in [4.78, 5) is 38.6. The summed E-state index contributed by atoms with van der Waals surface area (Å²) >= 11 is 5.93. The van der Waals surface area contributed by atoms with Crippen molar-refractivity contribution in [2.45, 2.75) is 39.1 Å². The minimum absolute atomic E-state index is 0.0472. The zero-order chi connectivity index (χ0) is 33.0. The van der Waals surface area contributed by atoms with E-state index in [0.717, 1.165) is 0 Å². The molecule has 0 fully saturated rings. The number of nitrogens with zero attached hydrogens (tertiary/aromatic N) is 1. The van der Waals surface area contributed by atoms with E-state index in [1.54, 1.807) is 42.5 Å². The van der Waals surface area contributed by atoms with Crippen LogP contribution in [-0.2, 0) is 9.59 Å². The van der Waals surface area contributed by atoms with E-state index in [4.69, 9.17) is 42.1 Å². The number of pyridine rings is 1. The van der Waals surface area contributed by atoms with Gasteiger partial charge in [0.2, 0.25) is 0 Å². The number of carboxylic acids is 1. The van der Waals surface area contributed by atoms with E-state index in [9.17, 15) is 22.8 Å². The molecule has 3 rings (SSSR count). The topological polar surface area (TPSA) is 189 Å². The Hall–Kier alpha value is -5.05. The molecule has 12 nitrogen and oxygen atoms in total. The van der Waals surface area contributed by atoms with Gasteiger partial charge in [0.25, 0.3) is 11.8 Å². The number of rotatable bonds is 10. The highest BCUT2D eigenvalue weighted by Crippen LogP contribution is 2.33. The predicted molar refractivity (Wildman–Crippen MR) is 156 cm³/mol. The molecular formula is C28H30ClF3N6O6. The van der Waals surface area contributed by atoms with Crippen LogP contribution in [0.25, 0.3) is 0 Å². The standard InChI is InChI=1S/C26H29ClN6O4.C2HF3O2/c1-4-36-22-13-17(7-10-21(22)37-15(2)3)23(31-19-8-5-16(6-9-19)24(28)29)26(35)33-32-25(34)20-14-18(27)11-12-30-20;3-2(4,5)1(6)7/h5-15,23,31H,4H2,1-3H3,(H3,28,29)(H,32,34)(H,33,35);(H,6,7). The van der Waals surface area contributed by atoms with Crippen LogP contribution in [-0.4, -0.2) is 52.6 Å². The molecule has 16 heteroatoms. The first kappa shape index (κ1) is 35.1. The summed E-state index contributed by atoms with van der Waals surface area (Å²) in [6.07, 6.45) is -3.76. The zero-order valence-corrected chi connectivity index (χ0v) is 24.4. The van der Waals surface area contributed by atoms with Crippen molar-refractivity contribution in [1.82, 2.24) is 15.8 Å². The number of alkyl halides is 3. The zero-order valence-electron chi connectivity index (χ0n) is 23.7. The number of hydrogen-bond acceptors (Lipinski definition) is 8. The molecule has 1 atom stereocenters. The number of aliphatic carboxylic acids is 1. The van der Waals surface area contributed by atoms with E-state index in [0.29, 0.717) is 39.9 Å². The first-order valence-corrected chi connectivity index (χ1v) is 13.2. The number of nitrogens with one attached hydrogen (secondary N) is 4. The van der Waals surface area contributed by atoms with E-state index in [2.05, 4.69) is 21.2 Å². The van der Waals surface area contributed by atoms with Crippen LogP contribution in [0.2, 0.25) is 5.02 Å². The summed E-state index contributed by atoms with van der Waals surface area (Å²) < 4.78 is 43.3. The molecule has 0 saturated carbocycles. The van der Waals surface area contributed by atoms with Crippen molar-refractivity contribution in [1.29, 1.82) is 5.41 Å². The summed E-state index contributed by atoms with van der Waals surface area (Å²) in [5.41, 5.74) is 12.1. The van der Waals surface area contributed by atoms with E-state index in [1.807, 2.05) is 20.8 Å². The largest absolute Gasteiger partial charge is 0.490 e. The second-order valence-electron chi connectivity index (χ2n) is 8.98. The fraction of sp³-hybridized carbons (Fsp3) is 0.250. The van der Waals surface area contributed by atoms with Crippen molar-refractivity contribution < 1.29 is 42.1 Å². The number of ether oxygens (including phenoxy) is 2. The summed E-state index contributed by atoms with van der Waals surface area (Å²) in [7, 11) is 0. The Balaban J connectivity index is 0.000000860. The SMILES string of the molecule is CCOc1cc(C(Nc2ccc(C(=N)N)cc2)C(=O)NNC(=O)c2cc(Cl)ccn2)ccc1OC(C)C.O=C(O)C(F)(F)F. The summed E-state index contributed by atoms with van der Waals surface area (Å²) in [5.74, 6) is -2.98. The first-order chi connectivity index (χ1) is 20.6. The number of halogens is 4. The lowest BCUT2D eigenvalue weighted by molar-refractivity contribution is -0.192. The van der Waals surface area contributed by atoms with Crippen LogP contribution in [0.4, 0.5) is 18.9 Å². The number of anilines is 1. The highest BCUT2D eigenvalue weighted by Gasteiger charge is 2.38. The maximum absolute atomic E-state index is 13.3. The van der Waals surface area contributed by atoms with Crippen LogP contribution in [0.15, 0.2) is 60.8 Å². The average molecular weight is 639 g/mol. The molecule has 44 heavy (non-hydrogen) atoms. The Morgan fingerprint density at radius 3 is 2.20 bits per heavy atom. The number of amides is 2. The van der Waals surface area contributed by atoms with Gasteiger partial charge in [0.15, 0.2) is 11.5 Å².